The second-order valence-corrected chi connectivity index (χ2v) is 8.17. The summed E-state index contributed by atoms with van der Waals surface area (Å²) in [7, 11) is 1.56. The number of nitrogens with one attached hydrogen (secondary N) is 2. The number of ether oxygens (including phenoxy) is 1. The van der Waals surface area contributed by atoms with Gasteiger partial charge in [0, 0.05) is 16.6 Å². The molecule has 6 nitrogen and oxygen atoms in total. The van der Waals surface area contributed by atoms with E-state index < -0.39 is 0 Å². The zero-order chi connectivity index (χ0) is 21.7. The molecule has 2 amide bonds. The summed E-state index contributed by atoms with van der Waals surface area (Å²) in [4.78, 5) is 27.1. The van der Waals surface area contributed by atoms with Gasteiger partial charge in [-0.3, -0.25) is 14.5 Å². The van der Waals surface area contributed by atoms with Crippen molar-refractivity contribution >= 4 is 34.8 Å². The van der Waals surface area contributed by atoms with Gasteiger partial charge in [-0.25, -0.2) is 0 Å². The highest BCUT2D eigenvalue weighted by Gasteiger charge is 2.26. The molecule has 1 heterocycles. The highest BCUT2D eigenvalue weighted by atomic mass is 35.5. The Bertz CT molecular complexity index is 924. The molecular weight excluding hydrogens is 402 g/mol. The number of hydrogen-bond acceptors (Lipinski definition) is 4. The number of anilines is 2. The quantitative estimate of drug-likeness (QED) is 0.720. The van der Waals surface area contributed by atoms with E-state index in [4.69, 9.17) is 16.3 Å². The highest BCUT2D eigenvalue weighted by molar-refractivity contribution is 6.31. The average Bonchev–Trinajstić information content (AvgIpc) is 2.71. The Labute approximate surface area is 182 Å². The fourth-order valence-corrected chi connectivity index (χ4v) is 3.76. The molecule has 7 heteroatoms. The van der Waals surface area contributed by atoms with Crippen molar-refractivity contribution in [2.45, 2.75) is 26.7 Å². The first-order valence-electron chi connectivity index (χ1n) is 10.1. The Morgan fingerprint density at radius 1 is 1.07 bits per heavy atom. The lowest BCUT2D eigenvalue weighted by molar-refractivity contribution is -0.121. The molecule has 160 valence electrons. The minimum absolute atomic E-state index is 0.0372. The normalized spacial score (nSPS) is 14.9. The Balaban J connectivity index is 1.48. The second kappa shape index (κ2) is 9.96. The maximum Gasteiger partial charge on any atom is 0.238 e. The van der Waals surface area contributed by atoms with Crippen LogP contribution in [0.25, 0.3) is 0 Å². The molecule has 1 aliphatic rings. The lowest BCUT2D eigenvalue weighted by atomic mass is 9.95. The third-order valence-corrected chi connectivity index (χ3v) is 5.77. The monoisotopic (exact) mass is 429 g/mol. The van der Waals surface area contributed by atoms with E-state index in [0.717, 1.165) is 11.3 Å². The summed E-state index contributed by atoms with van der Waals surface area (Å²) in [5, 5.41) is 6.42. The van der Waals surface area contributed by atoms with Gasteiger partial charge in [0.05, 0.1) is 19.3 Å². The van der Waals surface area contributed by atoms with Crippen molar-refractivity contribution in [2.75, 3.05) is 37.4 Å². The van der Waals surface area contributed by atoms with Gasteiger partial charge in [-0.1, -0.05) is 17.7 Å². The van der Waals surface area contributed by atoms with Gasteiger partial charge in [0.1, 0.15) is 5.75 Å². The molecule has 3 rings (SSSR count). The Kier molecular flexibility index (Phi) is 7.34. The molecule has 0 aliphatic carbocycles. The minimum Gasteiger partial charge on any atom is -0.495 e. The molecule has 0 radical (unpaired) electrons. The summed E-state index contributed by atoms with van der Waals surface area (Å²) in [5.74, 6) is 0.389. The molecule has 1 fully saturated rings. The van der Waals surface area contributed by atoms with Crippen LogP contribution in [0.15, 0.2) is 36.4 Å². The minimum atomic E-state index is -0.104. The standard InChI is InChI=1S/C23H28ClN3O3/c1-15-4-6-19(12-16(15)2)25-22(28)14-27-10-8-17(9-11-27)23(29)26-20-13-18(24)5-7-21(20)30-3/h4-7,12-13,17H,8-11,14H2,1-3H3,(H,25,28)(H,26,29). The van der Waals surface area contributed by atoms with Crippen LogP contribution in [-0.2, 0) is 9.59 Å². The maximum absolute atomic E-state index is 12.7. The number of nitrogens with zero attached hydrogens (tertiary/aromatic N) is 1. The molecule has 2 N–H and O–H groups in total. The van der Waals surface area contributed by atoms with Crippen molar-refractivity contribution in [3.63, 3.8) is 0 Å². The highest BCUT2D eigenvalue weighted by Crippen LogP contribution is 2.29. The van der Waals surface area contributed by atoms with Gasteiger partial charge >= 0.3 is 0 Å². The molecule has 0 unspecified atom stereocenters. The van der Waals surface area contributed by atoms with Gasteiger partial charge in [-0.05, 0) is 81.2 Å². The molecule has 0 spiro atoms. The van der Waals surface area contributed by atoms with E-state index in [9.17, 15) is 9.59 Å². The number of carbonyl (C=O) groups excluding carboxylic acids is 2. The predicted octanol–water partition coefficient (Wildman–Crippen LogP) is 4.25. The SMILES string of the molecule is COc1ccc(Cl)cc1NC(=O)C1CCN(CC(=O)Nc2ccc(C)c(C)c2)CC1. The number of piperidine rings is 1. The Morgan fingerprint density at radius 3 is 2.47 bits per heavy atom. The summed E-state index contributed by atoms with van der Waals surface area (Å²) in [5.41, 5.74) is 3.73. The van der Waals surface area contributed by atoms with Crippen LogP contribution in [0.5, 0.6) is 5.75 Å². The smallest absolute Gasteiger partial charge is 0.238 e. The number of likely N-dealkylation sites (tertiary alicyclic amines) is 1. The maximum atomic E-state index is 12.7. The molecule has 2 aromatic rings. The molecule has 0 saturated carbocycles. The van der Waals surface area contributed by atoms with Crippen molar-refractivity contribution in [3.8, 4) is 5.75 Å². The molecule has 0 atom stereocenters. The number of rotatable bonds is 6. The van der Waals surface area contributed by atoms with E-state index in [2.05, 4.69) is 15.5 Å². The van der Waals surface area contributed by atoms with Gasteiger partial charge in [0.15, 0.2) is 0 Å². The summed E-state index contributed by atoms with van der Waals surface area (Å²) >= 11 is 6.03. The number of methoxy groups -OCH3 is 1. The Hall–Kier alpha value is -2.57. The lowest BCUT2D eigenvalue weighted by Gasteiger charge is -2.30. The summed E-state index contributed by atoms with van der Waals surface area (Å²) in [6.07, 6.45) is 1.40. The molecule has 2 aromatic carbocycles. The van der Waals surface area contributed by atoms with Gasteiger partial charge in [0.2, 0.25) is 11.8 Å². The average molecular weight is 430 g/mol. The van der Waals surface area contributed by atoms with Crippen molar-refractivity contribution in [3.05, 3.63) is 52.5 Å². The van der Waals surface area contributed by atoms with Crippen LogP contribution in [-0.4, -0.2) is 43.5 Å². The fraction of sp³-hybridized carbons (Fsp3) is 0.391. The van der Waals surface area contributed by atoms with Crippen LogP contribution in [0, 0.1) is 19.8 Å². The summed E-state index contributed by atoms with van der Waals surface area (Å²) in [6.45, 7) is 5.79. The van der Waals surface area contributed by atoms with E-state index in [1.165, 1.54) is 5.56 Å². The lowest BCUT2D eigenvalue weighted by Crippen LogP contribution is -2.41. The van der Waals surface area contributed by atoms with E-state index in [1.807, 2.05) is 32.0 Å². The molecule has 1 saturated heterocycles. The number of halogens is 1. The third-order valence-electron chi connectivity index (χ3n) is 5.54. The van der Waals surface area contributed by atoms with Crippen LogP contribution in [0.2, 0.25) is 5.02 Å². The summed E-state index contributed by atoms with van der Waals surface area (Å²) < 4.78 is 5.29. The molecule has 0 bridgehead atoms. The predicted molar refractivity (Wildman–Crippen MR) is 120 cm³/mol. The number of hydrogen-bond donors (Lipinski definition) is 2. The van der Waals surface area contributed by atoms with Crippen molar-refractivity contribution in [1.29, 1.82) is 0 Å². The van der Waals surface area contributed by atoms with E-state index in [0.29, 0.717) is 48.9 Å². The van der Waals surface area contributed by atoms with Crippen LogP contribution < -0.4 is 15.4 Å². The van der Waals surface area contributed by atoms with Crippen LogP contribution in [0.1, 0.15) is 24.0 Å². The van der Waals surface area contributed by atoms with Crippen molar-refractivity contribution in [2.24, 2.45) is 5.92 Å². The van der Waals surface area contributed by atoms with Gasteiger partial charge in [0.25, 0.3) is 0 Å². The first kappa shape index (κ1) is 22.1. The molecular formula is C23H28ClN3O3. The summed E-state index contributed by atoms with van der Waals surface area (Å²) in [6, 6.07) is 11.0. The Morgan fingerprint density at radius 2 is 1.80 bits per heavy atom. The van der Waals surface area contributed by atoms with E-state index >= 15 is 0 Å². The molecule has 1 aliphatic heterocycles. The number of amides is 2. The fourth-order valence-electron chi connectivity index (χ4n) is 3.59. The van der Waals surface area contributed by atoms with Crippen molar-refractivity contribution in [1.82, 2.24) is 4.90 Å². The number of aryl methyl sites for hydroxylation is 2. The van der Waals surface area contributed by atoms with E-state index in [-0.39, 0.29) is 17.7 Å². The molecule has 30 heavy (non-hydrogen) atoms. The van der Waals surface area contributed by atoms with Crippen LogP contribution in [0.4, 0.5) is 11.4 Å². The number of carbonyl (C=O) groups is 2. The van der Waals surface area contributed by atoms with Gasteiger partial charge in [-0.15, -0.1) is 0 Å². The number of benzene rings is 2. The van der Waals surface area contributed by atoms with Crippen LogP contribution in [0.3, 0.4) is 0 Å². The zero-order valence-electron chi connectivity index (χ0n) is 17.6. The third kappa shape index (κ3) is 5.74. The first-order valence-corrected chi connectivity index (χ1v) is 10.5. The van der Waals surface area contributed by atoms with Gasteiger partial charge < -0.3 is 15.4 Å². The van der Waals surface area contributed by atoms with Crippen LogP contribution >= 0.6 is 11.6 Å². The molecule has 0 aromatic heterocycles. The van der Waals surface area contributed by atoms with E-state index in [1.54, 1.807) is 25.3 Å². The topological polar surface area (TPSA) is 70.7 Å². The van der Waals surface area contributed by atoms with Gasteiger partial charge in [-0.2, -0.15) is 0 Å². The second-order valence-electron chi connectivity index (χ2n) is 7.73. The zero-order valence-corrected chi connectivity index (χ0v) is 18.4. The first-order chi connectivity index (χ1) is 14.4. The largest absolute Gasteiger partial charge is 0.495 e. The van der Waals surface area contributed by atoms with Crippen molar-refractivity contribution < 1.29 is 14.3 Å².